The summed E-state index contributed by atoms with van der Waals surface area (Å²) in [4.78, 5) is 7.57. The lowest BCUT2D eigenvalue weighted by molar-refractivity contribution is 1.33. The third-order valence-electron chi connectivity index (χ3n) is 1.13. The molecule has 0 aliphatic heterocycles. The van der Waals surface area contributed by atoms with Gasteiger partial charge in [-0.3, -0.25) is 9.97 Å². The van der Waals surface area contributed by atoms with Gasteiger partial charge in [0.15, 0.2) is 0 Å². The molecule has 0 saturated heterocycles. The van der Waals surface area contributed by atoms with Gasteiger partial charge in [0, 0.05) is 24.8 Å². The molecule has 0 bridgehead atoms. The first-order valence-corrected chi connectivity index (χ1v) is 3.70. The summed E-state index contributed by atoms with van der Waals surface area (Å²) in [7, 11) is 0. The normalized spacial score (nSPS) is 7.38. The lowest BCUT2D eigenvalue weighted by Crippen LogP contribution is -1.58. The Hall–Kier alpha value is -1.27. The summed E-state index contributed by atoms with van der Waals surface area (Å²) >= 11 is 0. The Morgan fingerprint density at radius 3 is 0.846 bits per heavy atom. The average molecular weight is 192 g/mol. The van der Waals surface area contributed by atoms with Gasteiger partial charge in [-0.15, -0.1) is 0 Å². The molecule has 1 unspecified atom stereocenters. The lowest BCUT2D eigenvalue weighted by Gasteiger charge is -1.70. The van der Waals surface area contributed by atoms with Crippen LogP contribution in [0.15, 0.2) is 61.2 Å². The largest absolute Gasteiger partial charge is 0.265 e. The molecule has 0 saturated carbocycles. The molecule has 3 heteroatoms. The fourth-order valence-electron chi connectivity index (χ4n) is 0.625. The van der Waals surface area contributed by atoms with Crippen LogP contribution < -0.4 is 0 Å². The van der Waals surface area contributed by atoms with Crippen molar-refractivity contribution in [3.05, 3.63) is 61.2 Å². The molecule has 2 heterocycles. The van der Waals surface area contributed by atoms with Crippen molar-refractivity contribution in [1.29, 1.82) is 0 Å². The molecule has 0 aromatic carbocycles. The third kappa shape index (κ3) is 7.10. The van der Waals surface area contributed by atoms with E-state index in [2.05, 4.69) is 9.97 Å². The first-order valence-electron chi connectivity index (χ1n) is 3.70. The van der Waals surface area contributed by atoms with Crippen molar-refractivity contribution in [1.82, 2.24) is 9.97 Å². The average Bonchev–Trinajstić information content (AvgIpc) is 2.24. The number of rotatable bonds is 0. The number of nitrogens with zero attached hydrogens (tertiary/aromatic N) is 2. The summed E-state index contributed by atoms with van der Waals surface area (Å²) in [5, 5.41) is 0. The Labute approximate surface area is 81.7 Å². The Kier molecular flexibility index (Phi) is 7.96. The molecule has 0 aliphatic rings. The van der Waals surface area contributed by atoms with E-state index in [1.54, 1.807) is 24.8 Å². The van der Waals surface area contributed by atoms with Crippen LogP contribution in [0, 0.1) is 0 Å². The van der Waals surface area contributed by atoms with E-state index in [0.29, 0.717) is 0 Å². The van der Waals surface area contributed by atoms with E-state index in [4.69, 9.17) is 0 Å². The van der Waals surface area contributed by atoms with Gasteiger partial charge < -0.3 is 0 Å². The van der Waals surface area contributed by atoms with Gasteiger partial charge in [0.1, 0.15) is 0 Å². The predicted molar refractivity (Wildman–Crippen MR) is 59.6 cm³/mol. The fourth-order valence-corrected chi connectivity index (χ4v) is 0.625. The minimum absolute atomic E-state index is 0. The molecule has 0 amide bonds. The van der Waals surface area contributed by atoms with Crippen LogP contribution in [-0.2, 0) is 0 Å². The number of pyridine rings is 2. The molecule has 1 atom stereocenters. The molecule has 68 valence electrons. The van der Waals surface area contributed by atoms with E-state index >= 15 is 0 Å². The predicted octanol–water partition coefficient (Wildman–Crippen LogP) is 2.22. The zero-order chi connectivity index (χ0) is 8.49. The molecule has 0 radical (unpaired) electrons. The topological polar surface area (TPSA) is 25.8 Å². The number of aromatic nitrogens is 2. The highest BCUT2D eigenvalue weighted by molar-refractivity contribution is 6.92. The Morgan fingerprint density at radius 1 is 0.462 bits per heavy atom. The van der Waals surface area contributed by atoms with E-state index in [1.165, 1.54) is 0 Å². The van der Waals surface area contributed by atoms with Crippen LogP contribution in [0.25, 0.3) is 0 Å². The second-order valence-corrected chi connectivity index (χ2v) is 2.05. The van der Waals surface area contributed by atoms with Crippen LogP contribution in [0.2, 0.25) is 0 Å². The molecule has 0 spiro atoms. The molecule has 2 aromatic heterocycles. The van der Waals surface area contributed by atoms with Gasteiger partial charge in [-0.2, -0.15) is 9.90 Å². The van der Waals surface area contributed by atoms with Crippen LogP contribution in [0.4, 0.5) is 0 Å². The van der Waals surface area contributed by atoms with Gasteiger partial charge in [0.25, 0.3) is 0 Å². The van der Waals surface area contributed by atoms with Crippen molar-refractivity contribution in [2.75, 3.05) is 0 Å². The second kappa shape index (κ2) is 8.82. The van der Waals surface area contributed by atoms with Crippen molar-refractivity contribution in [2.45, 2.75) is 0 Å². The Bertz CT molecular complexity index is 188. The van der Waals surface area contributed by atoms with E-state index in [1.807, 2.05) is 36.4 Å². The van der Waals surface area contributed by atoms with E-state index in [9.17, 15) is 0 Å². The van der Waals surface area contributed by atoms with Crippen molar-refractivity contribution in [2.24, 2.45) is 0 Å². The maximum Gasteiger partial charge on any atom is 0.0267 e. The molecular weight excluding hydrogens is 179 g/mol. The summed E-state index contributed by atoms with van der Waals surface area (Å²) < 4.78 is 0. The lowest BCUT2D eigenvalue weighted by atomic mass is 10.5. The van der Waals surface area contributed by atoms with Crippen LogP contribution in [0.1, 0.15) is 0 Å². The molecule has 0 N–H and O–H groups in total. The highest BCUT2D eigenvalue weighted by Crippen LogP contribution is 1.74. The minimum Gasteiger partial charge on any atom is -0.265 e. The maximum absolute atomic E-state index is 3.78. The summed E-state index contributed by atoms with van der Waals surface area (Å²) in [6, 6.07) is 11.4. The molecule has 0 fully saturated rings. The first kappa shape index (κ1) is 11.7. The quantitative estimate of drug-likeness (QED) is 0.598. The second-order valence-electron chi connectivity index (χ2n) is 2.05. The van der Waals surface area contributed by atoms with Crippen LogP contribution in [0.5, 0.6) is 0 Å². The van der Waals surface area contributed by atoms with Gasteiger partial charge in [-0.05, 0) is 24.3 Å². The van der Waals surface area contributed by atoms with Crippen LogP contribution in [-0.4, -0.2) is 9.97 Å². The Balaban J connectivity index is 0.000000206. The maximum atomic E-state index is 3.78. The summed E-state index contributed by atoms with van der Waals surface area (Å²) in [6.07, 6.45) is 7.00. The van der Waals surface area contributed by atoms with Gasteiger partial charge >= 0.3 is 0 Å². The van der Waals surface area contributed by atoms with Crippen LogP contribution >= 0.6 is 9.90 Å². The zero-order valence-electron chi connectivity index (χ0n) is 7.38. The van der Waals surface area contributed by atoms with Crippen molar-refractivity contribution in [3.8, 4) is 0 Å². The highest BCUT2D eigenvalue weighted by Gasteiger charge is 1.59. The molecule has 2 aromatic rings. The molecular formula is C10H13N2P. The summed E-state index contributed by atoms with van der Waals surface area (Å²) in [6.45, 7) is 0. The van der Waals surface area contributed by atoms with Gasteiger partial charge in [-0.1, -0.05) is 12.1 Å². The Morgan fingerprint density at radius 2 is 0.769 bits per heavy atom. The van der Waals surface area contributed by atoms with Crippen molar-refractivity contribution < 1.29 is 0 Å². The molecule has 2 rings (SSSR count). The van der Waals surface area contributed by atoms with Crippen LogP contribution in [0.3, 0.4) is 0 Å². The molecule has 0 aliphatic carbocycles. The van der Waals surface area contributed by atoms with Gasteiger partial charge in [0.05, 0.1) is 0 Å². The van der Waals surface area contributed by atoms with E-state index in [0.717, 1.165) is 0 Å². The molecule has 13 heavy (non-hydrogen) atoms. The van der Waals surface area contributed by atoms with Gasteiger partial charge in [0.2, 0.25) is 0 Å². The summed E-state index contributed by atoms with van der Waals surface area (Å²) in [5.74, 6) is 0. The SMILES string of the molecule is P.c1ccncc1.c1ccncc1. The van der Waals surface area contributed by atoms with Gasteiger partial charge in [-0.25, -0.2) is 0 Å². The monoisotopic (exact) mass is 192 g/mol. The fraction of sp³-hybridized carbons (Fsp3) is 0. The third-order valence-corrected chi connectivity index (χ3v) is 1.13. The smallest absolute Gasteiger partial charge is 0.0267 e. The number of hydrogen-bond acceptors (Lipinski definition) is 2. The zero-order valence-corrected chi connectivity index (χ0v) is 8.79. The highest BCUT2D eigenvalue weighted by atomic mass is 31.0. The van der Waals surface area contributed by atoms with E-state index in [-0.39, 0.29) is 9.90 Å². The van der Waals surface area contributed by atoms with Crippen molar-refractivity contribution in [3.63, 3.8) is 0 Å². The first-order chi connectivity index (χ1) is 6.00. The number of hydrogen-bond donors (Lipinski definition) is 0. The molecule has 2 nitrogen and oxygen atoms in total. The van der Waals surface area contributed by atoms with E-state index < -0.39 is 0 Å². The minimum atomic E-state index is 0. The summed E-state index contributed by atoms with van der Waals surface area (Å²) in [5.41, 5.74) is 0. The standard InChI is InChI=1S/2C5H5N.H3P/c2*1-2-4-6-5-3-1;/h2*1-5H;1H3. The van der Waals surface area contributed by atoms with Crippen molar-refractivity contribution >= 4 is 9.90 Å².